The van der Waals surface area contributed by atoms with Crippen LogP contribution in [-0.4, -0.2) is 46.8 Å². The number of nitrogens with one attached hydrogen (secondary N) is 1. The zero-order valence-corrected chi connectivity index (χ0v) is 11.8. The predicted molar refractivity (Wildman–Crippen MR) is 72.3 cm³/mol. The van der Waals surface area contributed by atoms with E-state index in [0.29, 0.717) is 25.9 Å². The van der Waals surface area contributed by atoms with Gasteiger partial charge in [-0.25, -0.2) is 0 Å². The Morgan fingerprint density at radius 3 is 2.70 bits per heavy atom. The molecule has 5 N–H and O–H groups in total. The summed E-state index contributed by atoms with van der Waals surface area (Å²) in [4.78, 5) is 37.2. The van der Waals surface area contributed by atoms with E-state index >= 15 is 0 Å². The number of amides is 3. The zero-order valence-electron chi connectivity index (χ0n) is 11.8. The molecule has 0 aromatic carbocycles. The number of hydrogen-bond acceptors (Lipinski definition) is 4. The topological polar surface area (TPSA) is 119 Å². The van der Waals surface area contributed by atoms with E-state index in [0.717, 1.165) is 6.42 Å². The highest BCUT2D eigenvalue weighted by atomic mass is 16.2. The minimum atomic E-state index is -1.17. The van der Waals surface area contributed by atoms with Crippen molar-refractivity contribution in [3.05, 3.63) is 0 Å². The van der Waals surface area contributed by atoms with Gasteiger partial charge in [0, 0.05) is 19.5 Å². The lowest BCUT2D eigenvalue weighted by molar-refractivity contribution is -0.146. The number of rotatable bonds is 4. The van der Waals surface area contributed by atoms with E-state index in [-0.39, 0.29) is 24.7 Å². The van der Waals surface area contributed by atoms with Gasteiger partial charge < -0.3 is 21.7 Å². The number of primary amides is 1. The van der Waals surface area contributed by atoms with Crippen molar-refractivity contribution in [2.75, 3.05) is 13.1 Å². The molecule has 0 aromatic rings. The van der Waals surface area contributed by atoms with Crippen LogP contribution >= 0.6 is 0 Å². The van der Waals surface area contributed by atoms with Crippen LogP contribution in [0, 0.1) is 0 Å². The molecule has 2 fully saturated rings. The van der Waals surface area contributed by atoms with Crippen LogP contribution in [0.2, 0.25) is 0 Å². The van der Waals surface area contributed by atoms with Gasteiger partial charge in [-0.15, -0.1) is 0 Å². The number of hydrogen-bond donors (Lipinski definition) is 3. The van der Waals surface area contributed by atoms with Crippen molar-refractivity contribution in [2.24, 2.45) is 11.5 Å². The lowest BCUT2D eigenvalue weighted by Gasteiger charge is -2.37. The van der Waals surface area contributed by atoms with Crippen LogP contribution in [0.1, 0.15) is 39.0 Å². The van der Waals surface area contributed by atoms with Crippen molar-refractivity contribution in [3.63, 3.8) is 0 Å². The fraction of sp³-hybridized carbons (Fsp3) is 0.769. The summed E-state index contributed by atoms with van der Waals surface area (Å²) in [5.74, 6) is -0.841. The fourth-order valence-electron chi connectivity index (χ4n) is 3.13. The summed E-state index contributed by atoms with van der Waals surface area (Å²) in [7, 11) is 0. The average Bonchev–Trinajstić information content (AvgIpc) is 2.95. The van der Waals surface area contributed by atoms with Crippen LogP contribution in [-0.2, 0) is 14.4 Å². The molecule has 1 unspecified atom stereocenters. The fourth-order valence-corrected chi connectivity index (χ4v) is 3.13. The van der Waals surface area contributed by atoms with Crippen LogP contribution in [0.4, 0.5) is 0 Å². The largest absolute Gasteiger partial charge is 0.370 e. The van der Waals surface area contributed by atoms with E-state index in [1.165, 1.54) is 0 Å². The van der Waals surface area contributed by atoms with Crippen molar-refractivity contribution < 1.29 is 14.4 Å². The molecule has 7 nitrogen and oxygen atoms in total. The lowest BCUT2D eigenvalue weighted by atomic mass is 9.90. The lowest BCUT2D eigenvalue weighted by Crippen LogP contribution is -2.61. The minimum absolute atomic E-state index is 0.0613. The number of likely N-dealkylation sites (tertiary alicyclic amines) is 1. The van der Waals surface area contributed by atoms with Gasteiger partial charge in [-0.05, 0) is 32.6 Å². The Bertz CT molecular complexity index is 445. The van der Waals surface area contributed by atoms with E-state index in [2.05, 4.69) is 5.32 Å². The molecule has 0 saturated carbocycles. The Labute approximate surface area is 118 Å². The summed E-state index contributed by atoms with van der Waals surface area (Å²) in [6.45, 7) is 2.72. The highest BCUT2D eigenvalue weighted by Gasteiger charge is 2.54. The maximum atomic E-state index is 12.7. The van der Waals surface area contributed by atoms with Gasteiger partial charge in [0.2, 0.25) is 17.7 Å². The molecule has 0 radical (unpaired) electrons. The van der Waals surface area contributed by atoms with Gasteiger partial charge >= 0.3 is 0 Å². The van der Waals surface area contributed by atoms with Crippen molar-refractivity contribution >= 4 is 17.7 Å². The van der Waals surface area contributed by atoms with Gasteiger partial charge in [0.05, 0.1) is 5.54 Å². The molecule has 0 bridgehead atoms. The van der Waals surface area contributed by atoms with Gasteiger partial charge in [0.15, 0.2) is 0 Å². The van der Waals surface area contributed by atoms with Crippen molar-refractivity contribution in [1.82, 2.24) is 10.2 Å². The summed E-state index contributed by atoms with van der Waals surface area (Å²) < 4.78 is 0. The third-order valence-corrected chi connectivity index (χ3v) is 4.36. The molecular weight excluding hydrogens is 260 g/mol. The molecule has 0 aliphatic carbocycles. The molecule has 3 amide bonds. The number of carbonyl (C=O) groups excluding carboxylic acids is 3. The minimum Gasteiger partial charge on any atom is -0.370 e. The molecule has 112 valence electrons. The van der Waals surface area contributed by atoms with Crippen molar-refractivity contribution in [1.29, 1.82) is 0 Å². The summed E-state index contributed by atoms with van der Waals surface area (Å²) >= 11 is 0. The molecular formula is C13H22N4O3. The second kappa shape index (κ2) is 5.05. The molecule has 7 heteroatoms. The first-order valence-electron chi connectivity index (χ1n) is 6.97. The summed E-state index contributed by atoms with van der Waals surface area (Å²) in [5.41, 5.74) is 9.26. The zero-order chi connectivity index (χ0) is 15.0. The van der Waals surface area contributed by atoms with Crippen LogP contribution in [0.3, 0.4) is 0 Å². The Kier molecular flexibility index (Phi) is 3.73. The second-order valence-corrected chi connectivity index (χ2v) is 5.98. The van der Waals surface area contributed by atoms with E-state index in [9.17, 15) is 14.4 Å². The number of nitrogens with two attached hydrogens (primary N) is 2. The Balaban J connectivity index is 2.15. The van der Waals surface area contributed by atoms with E-state index in [1.54, 1.807) is 11.8 Å². The first kappa shape index (κ1) is 14.8. The quantitative estimate of drug-likeness (QED) is 0.603. The Morgan fingerprint density at radius 1 is 1.45 bits per heavy atom. The number of carbonyl (C=O) groups is 3. The molecule has 20 heavy (non-hydrogen) atoms. The summed E-state index contributed by atoms with van der Waals surface area (Å²) in [5, 5.41) is 2.79. The number of nitrogens with zero attached hydrogens (tertiary/aromatic N) is 1. The van der Waals surface area contributed by atoms with Gasteiger partial charge in [-0.2, -0.15) is 0 Å². The van der Waals surface area contributed by atoms with Gasteiger partial charge in [0.25, 0.3) is 0 Å². The normalized spacial score (nSPS) is 28.5. The second-order valence-electron chi connectivity index (χ2n) is 5.98. The van der Waals surface area contributed by atoms with Gasteiger partial charge in [-0.3, -0.25) is 14.4 Å². The van der Waals surface area contributed by atoms with Crippen molar-refractivity contribution in [3.8, 4) is 0 Å². The van der Waals surface area contributed by atoms with Crippen LogP contribution in [0.25, 0.3) is 0 Å². The van der Waals surface area contributed by atoms with Crippen LogP contribution < -0.4 is 16.8 Å². The summed E-state index contributed by atoms with van der Waals surface area (Å²) in [6, 6.07) is 0. The molecule has 2 aliphatic rings. The molecule has 1 spiro atoms. The van der Waals surface area contributed by atoms with E-state index < -0.39 is 17.0 Å². The Hall–Kier alpha value is -1.63. The maximum absolute atomic E-state index is 12.7. The molecule has 2 aliphatic heterocycles. The SMILES string of the molecule is C[C@@](N)(CCC(N)=O)C(=O)N1CCCC12CCNC2=O. The van der Waals surface area contributed by atoms with E-state index in [1.807, 2.05) is 0 Å². The average molecular weight is 282 g/mol. The molecule has 2 saturated heterocycles. The standard InChI is InChI=1S/C13H22N4O3/c1-12(15,5-3-9(14)18)11(20)17-8-2-4-13(17)6-7-16-10(13)19/h2-8,15H2,1H3,(H2,14,18)(H,16,19)/t12-,13?/m1/s1. The van der Waals surface area contributed by atoms with Gasteiger partial charge in [0.1, 0.15) is 5.54 Å². The van der Waals surface area contributed by atoms with Crippen molar-refractivity contribution in [2.45, 2.75) is 50.1 Å². The smallest absolute Gasteiger partial charge is 0.246 e. The third kappa shape index (κ3) is 2.37. The predicted octanol–water partition coefficient (Wildman–Crippen LogP) is -1.15. The molecule has 2 rings (SSSR count). The first-order chi connectivity index (χ1) is 9.29. The molecule has 0 aromatic heterocycles. The third-order valence-electron chi connectivity index (χ3n) is 4.36. The molecule has 2 atom stereocenters. The maximum Gasteiger partial charge on any atom is 0.246 e. The van der Waals surface area contributed by atoms with Crippen LogP contribution in [0.15, 0.2) is 0 Å². The monoisotopic (exact) mass is 282 g/mol. The highest BCUT2D eigenvalue weighted by Crippen LogP contribution is 2.37. The first-order valence-corrected chi connectivity index (χ1v) is 6.97. The highest BCUT2D eigenvalue weighted by molar-refractivity contribution is 5.96. The van der Waals surface area contributed by atoms with E-state index in [4.69, 9.17) is 11.5 Å². The summed E-state index contributed by atoms with van der Waals surface area (Å²) in [6.07, 6.45) is 2.35. The Morgan fingerprint density at radius 2 is 2.15 bits per heavy atom. The molecule has 2 heterocycles. The van der Waals surface area contributed by atoms with Gasteiger partial charge in [-0.1, -0.05) is 0 Å². The van der Waals surface area contributed by atoms with Crippen LogP contribution in [0.5, 0.6) is 0 Å².